The lowest BCUT2D eigenvalue weighted by Crippen LogP contribution is -2.48. The summed E-state index contributed by atoms with van der Waals surface area (Å²) in [6, 6.07) is 13.7. The lowest BCUT2D eigenvalue weighted by atomic mass is 9.98. The van der Waals surface area contributed by atoms with Crippen molar-refractivity contribution in [1.82, 2.24) is 4.90 Å². The minimum Gasteiger partial charge on any atom is -0.497 e. The van der Waals surface area contributed by atoms with Crippen molar-refractivity contribution in [2.75, 3.05) is 27.9 Å². The molecular formula is C21H27NO3. The van der Waals surface area contributed by atoms with Gasteiger partial charge in [0.05, 0.1) is 19.3 Å². The second-order valence-electron chi connectivity index (χ2n) is 6.87. The predicted molar refractivity (Wildman–Crippen MR) is 101 cm³/mol. The highest BCUT2D eigenvalue weighted by atomic mass is 16.5. The number of likely N-dealkylation sites (N-methyl/N-ethyl adjacent to an activating group) is 1. The van der Waals surface area contributed by atoms with Crippen LogP contribution in [0.15, 0.2) is 42.5 Å². The first kappa shape index (κ1) is 19.0. The van der Waals surface area contributed by atoms with Crippen LogP contribution < -0.4 is 4.74 Å². The average molecular weight is 341 g/mol. The molecule has 0 spiro atoms. The van der Waals surface area contributed by atoms with Crippen molar-refractivity contribution in [3.05, 3.63) is 53.6 Å². The number of methoxy groups -OCH3 is 2. The van der Waals surface area contributed by atoms with E-state index in [4.69, 9.17) is 9.47 Å². The standard InChI is InChI=1S/C21H27NO3/c1-15-13-18(25-6)11-12-19(15)16-7-9-17(10-8-16)20(23)22(4)21(2,3)14-24-5/h7-13H,14H2,1-6H3. The van der Waals surface area contributed by atoms with Gasteiger partial charge in [-0.05, 0) is 61.7 Å². The molecule has 2 aromatic carbocycles. The van der Waals surface area contributed by atoms with E-state index in [1.165, 1.54) is 0 Å². The molecule has 134 valence electrons. The van der Waals surface area contributed by atoms with E-state index in [1.807, 2.05) is 63.4 Å². The highest BCUT2D eigenvalue weighted by molar-refractivity contribution is 5.95. The molecule has 0 bridgehead atoms. The number of hydrogen-bond donors (Lipinski definition) is 0. The number of aryl methyl sites for hydroxylation is 1. The third kappa shape index (κ3) is 4.20. The van der Waals surface area contributed by atoms with Crippen molar-refractivity contribution in [2.45, 2.75) is 26.3 Å². The average Bonchev–Trinajstić information content (AvgIpc) is 2.60. The van der Waals surface area contributed by atoms with Crippen LogP contribution in [-0.2, 0) is 4.74 Å². The van der Waals surface area contributed by atoms with Gasteiger partial charge in [0, 0.05) is 19.7 Å². The van der Waals surface area contributed by atoms with Crippen LogP contribution in [0.5, 0.6) is 5.75 Å². The van der Waals surface area contributed by atoms with Gasteiger partial charge in [-0.25, -0.2) is 0 Å². The summed E-state index contributed by atoms with van der Waals surface area (Å²) >= 11 is 0. The molecule has 0 aromatic heterocycles. The minimum atomic E-state index is -0.364. The van der Waals surface area contributed by atoms with Gasteiger partial charge in [-0.15, -0.1) is 0 Å². The summed E-state index contributed by atoms with van der Waals surface area (Å²) in [7, 11) is 5.12. The van der Waals surface area contributed by atoms with E-state index in [2.05, 4.69) is 6.92 Å². The molecule has 2 aromatic rings. The molecule has 25 heavy (non-hydrogen) atoms. The third-order valence-corrected chi connectivity index (χ3v) is 4.59. The second kappa shape index (κ2) is 7.70. The number of hydrogen-bond acceptors (Lipinski definition) is 3. The normalized spacial score (nSPS) is 11.3. The maximum absolute atomic E-state index is 12.7. The Bertz CT molecular complexity index is 735. The Morgan fingerprint density at radius 3 is 2.24 bits per heavy atom. The minimum absolute atomic E-state index is 0.0138. The number of nitrogens with zero attached hydrogens (tertiary/aromatic N) is 1. The maximum atomic E-state index is 12.7. The van der Waals surface area contributed by atoms with Crippen molar-refractivity contribution in [1.29, 1.82) is 0 Å². The molecule has 0 heterocycles. The van der Waals surface area contributed by atoms with E-state index in [1.54, 1.807) is 19.1 Å². The zero-order valence-corrected chi connectivity index (χ0v) is 15.9. The first-order valence-electron chi connectivity index (χ1n) is 8.32. The topological polar surface area (TPSA) is 38.8 Å². The maximum Gasteiger partial charge on any atom is 0.254 e. The van der Waals surface area contributed by atoms with Gasteiger partial charge in [0.1, 0.15) is 5.75 Å². The first-order valence-corrected chi connectivity index (χ1v) is 8.32. The molecule has 0 saturated carbocycles. The fraction of sp³-hybridized carbons (Fsp3) is 0.381. The number of carbonyl (C=O) groups excluding carboxylic acids is 1. The molecular weight excluding hydrogens is 314 g/mol. The molecule has 0 unspecified atom stereocenters. The van der Waals surface area contributed by atoms with E-state index >= 15 is 0 Å². The lowest BCUT2D eigenvalue weighted by Gasteiger charge is -2.35. The fourth-order valence-corrected chi connectivity index (χ4v) is 2.80. The third-order valence-electron chi connectivity index (χ3n) is 4.59. The van der Waals surface area contributed by atoms with Crippen LogP contribution in [0.3, 0.4) is 0 Å². The van der Waals surface area contributed by atoms with Gasteiger partial charge in [0.15, 0.2) is 0 Å². The van der Waals surface area contributed by atoms with E-state index in [0.717, 1.165) is 22.4 Å². The Kier molecular flexibility index (Phi) is 5.85. The lowest BCUT2D eigenvalue weighted by molar-refractivity contribution is 0.0366. The quantitative estimate of drug-likeness (QED) is 0.791. The summed E-state index contributed by atoms with van der Waals surface area (Å²) < 4.78 is 10.5. The highest BCUT2D eigenvalue weighted by Gasteiger charge is 2.28. The van der Waals surface area contributed by atoms with Gasteiger partial charge in [-0.2, -0.15) is 0 Å². The van der Waals surface area contributed by atoms with Gasteiger partial charge >= 0.3 is 0 Å². The molecule has 4 nitrogen and oxygen atoms in total. The second-order valence-corrected chi connectivity index (χ2v) is 6.87. The zero-order chi connectivity index (χ0) is 18.6. The summed E-state index contributed by atoms with van der Waals surface area (Å²) in [5.74, 6) is 0.829. The van der Waals surface area contributed by atoms with Crippen molar-refractivity contribution in [2.24, 2.45) is 0 Å². The molecule has 0 saturated heterocycles. The Morgan fingerprint density at radius 2 is 1.72 bits per heavy atom. The molecule has 0 radical (unpaired) electrons. The van der Waals surface area contributed by atoms with Crippen molar-refractivity contribution < 1.29 is 14.3 Å². The molecule has 0 N–H and O–H groups in total. The number of ether oxygens (including phenoxy) is 2. The summed E-state index contributed by atoms with van der Waals surface area (Å²) in [5, 5.41) is 0. The van der Waals surface area contributed by atoms with E-state index in [0.29, 0.717) is 12.2 Å². The summed E-state index contributed by atoms with van der Waals surface area (Å²) in [5.41, 5.74) is 3.65. The molecule has 4 heteroatoms. The predicted octanol–water partition coefficient (Wildman–Crippen LogP) is 4.17. The van der Waals surface area contributed by atoms with Gasteiger partial charge in [-0.1, -0.05) is 18.2 Å². The Balaban J connectivity index is 2.24. The first-order chi connectivity index (χ1) is 11.8. The van der Waals surface area contributed by atoms with Crippen LogP contribution in [0.25, 0.3) is 11.1 Å². The number of carbonyl (C=O) groups is 1. The largest absolute Gasteiger partial charge is 0.497 e. The van der Waals surface area contributed by atoms with Gasteiger partial charge in [-0.3, -0.25) is 4.79 Å². The molecule has 0 fully saturated rings. The molecule has 0 aliphatic carbocycles. The van der Waals surface area contributed by atoms with Crippen LogP contribution in [-0.4, -0.2) is 44.2 Å². The number of rotatable bonds is 6. The number of benzene rings is 2. The van der Waals surface area contributed by atoms with Gasteiger partial charge < -0.3 is 14.4 Å². The zero-order valence-electron chi connectivity index (χ0n) is 15.9. The Hall–Kier alpha value is -2.33. The molecule has 0 aliphatic heterocycles. The van der Waals surface area contributed by atoms with Crippen LogP contribution in [0.1, 0.15) is 29.8 Å². The van der Waals surface area contributed by atoms with E-state index in [9.17, 15) is 4.79 Å². The Morgan fingerprint density at radius 1 is 1.08 bits per heavy atom. The monoisotopic (exact) mass is 341 g/mol. The molecule has 2 rings (SSSR count). The van der Waals surface area contributed by atoms with Crippen LogP contribution in [0.4, 0.5) is 0 Å². The molecule has 1 amide bonds. The van der Waals surface area contributed by atoms with Gasteiger partial charge in [0.25, 0.3) is 5.91 Å². The summed E-state index contributed by atoms with van der Waals surface area (Å²) in [4.78, 5) is 14.4. The highest BCUT2D eigenvalue weighted by Crippen LogP contribution is 2.27. The van der Waals surface area contributed by atoms with Crippen molar-refractivity contribution in [3.8, 4) is 16.9 Å². The SMILES string of the molecule is COCC(C)(C)N(C)C(=O)c1ccc(-c2ccc(OC)cc2C)cc1. The van der Waals surface area contributed by atoms with Crippen molar-refractivity contribution >= 4 is 5.91 Å². The smallest absolute Gasteiger partial charge is 0.254 e. The van der Waals surface area contributed by atoms with Crippen LogP contribution >= 0.6 is 0 Å². The summed E-state index contributed by atoms with van der Waals surface area (Å²) in [6.07, 6.45) is 0. The van der Waals surface area contributed by atoms with Crippen LogP contribution in [0.2, 0.25) is 0 Å². The summed E-state index contributed by atoms with van der Waals surface area (Å²) in [6.45, 7) is 6.52. The van der Waals surface area contributed by atoms with E-state index < -0.39 is 0 Å². The molecule has 0 atom stereocenters. The van der Waals surface area contributed by atoms with Gasteiger partial charge in [0.2, 0.25) is 0 Å². The van der Waals surface area contributed by atoms with Crippen molar-refractivity contribution in [3.63, 3.8) is 0 Å². The number of amides is 1. The van der Waals surface area contributed by atoms with E-state index in [-0.39, 0.29) is 11.4 Å². The fourth-order valence-electron chi connectivity index (χ4n) is 2.80. The Labute approximate surface area is 150 Å². The van der Waals surface area contributed by atoms with Crippen LogP contribution in [0, 0.1) is 6.92 Å². The molecule has 0 aliphatic rings.